The van der Waals surface area contributed by atoms with E-state index in [2.05, 4.69) is 39.7 Å². The summed E-state index contributed by atoms with van der Waals surface area (Å²) in [6.45, 7) is 3.00. The Balaban J connectivity index is 2.05. The van der Waals surface area contributed by atoms with Crippen molar-refractivity contribution < 1.29 is 4.74 Å². The molecule has 0 aromatic carbocycles. The summed E-state index contributed by atoms with van der Waals surface area (Å²) in [6.07, 6.45) is 3.13. The molecule has 5 heteroatoms. The quantitative estimate of drug-likeness (QED) is 0.663. The number of nitrogens with two attached hydrogens (primary N) is 1. The molecule has 0 aliphatic carbocycles. The second kappa shape index (κ2) is 5.14. The van der Waals surface area contributed by atoms with Crippen molar-refractivity contribution >= 4 is 27.3 Å². The maximum Gasteiger partial charge on any atom is 0.0824 e. The summed E-state index contributed by atoms with van der Waals surface area (Å²) in [5.74, 6) is 5.66. The molecule has 16 heavy (non-hydrogen) atoms. The molecule has 0 spiro atoms. The third-order valence-electron chi connectivity index (χ3n) is 3.21. The molecule has 2 rings (SSSR count). The fraction of sp³-hybridized carbons (Fsp3) is 0.636. The third kappa shape index (κ3) is 2.65. The molecule has 2 atom stereocenters. The zero-order valence-electron chi connectivity index (χ0n) is 9.33. The number of rotatable bonds is 4. The van der Waals surface area contributed by atoms with E-state index in [0.29, 0.717) is 0 Å². The van der Waals surface area contributed by atoms with Crippen LogP contribution in [0.2, 0.25) is 0 Å². The van der Waals surface area contributed by atoms with Crippen molar-refractivity contribution in [3.8, 4) is 0 Å². The van der Waals surface area contributed by atoms with Crippen molar-refractivity contribution in [2.75, 3.05) is 6.61 Å². The van der Waals surface area contributed by atoms with Crippen LogP contribution < -0.4 is 11.3 Å². The van der Waals surface area contributed by atoms with Crippen molar-refractivity contribution in [1.82, 2.24) is 5.43 Å². The van der Waals surface area contributed by atoms with E-state index in [4.69, 9.17) is 10.6 Å². The van der Waals surface area contributed by atoms with Crippen molar-refractivity contribution in [3.63, 3.8) is 0 Å². The van der Waals surface area contributed by atoms with Gasteiger partial charge in [0.05, 0.1) is 11.6 Å². The van der Waals surface area contributed by atoms with Gasteiger partial charge >= 0.3 is 0 Å². The van der Waals surface area contributed by atoms with Crippen molar-refractivity contribution in [2.24, 2.45) is 5.84 Å². The average molecular weight is 305 g/mol. The summed E-state index contributed by atoms with van der Waals surface area (Å²) in [5.41, 5.74) is 2.79. The molecule has 1 fully saturated rings. The lowest BCUT2D eigenvalue weighted by Gasteiger charge is -2.32. The first-order valence-electron chi connectivity index (χ1n) is 5.47. The summed E-state index contributed by atoms with van der Waals surface area (Å²) < 4.78 is 6.96. The molecule has 3 nitrogen and oxygen atoms in total. The highest BCUT2D eigenvalue weighted by Gasteiger charge is 2.37. The Morgan fingerprint density at radius 2 is 2.56 bits per heavy atom. The topological polar surface area (TPSA) is 47.3 Å². The lowest BCUT2D eigenvalue weighted by Crippen LogP contribution is -2.52. The normalized spacial score (nSPS) is 27.2. The van der Waals surface area contributed by atoms with Crippen LogP contribution in [0, 0.1) is 0 Å². The molecule has 90 valence electrons. The zero-order valence-corrected chi connectivity index (χ0v) is 11.7. The Morgan fingerprint density at radius 1 is 1.75 bits per heavy atom. The summed E-state index contributed by atoms with van der Waals surface area (Å²) in [6, 6.07) is 2.33. The maximum absolute atomic E-state index is 5.82. The lowest BCUT2D eigenvalue weighted by molar-refractivity contribution is -0.0113. The minimum absolute atomic E-state index is 0.120. The van der Waals surface area contributed by atoms with Crippen LogP contribution in [0.3, 0.4) is 0 Å². The predicted octanol–water partition coefficient (Wildman–Crippen LogP) is 2.45. The number of hydrogen-bond acceptors (Lipinski definition) is 4. The van der Waals surface area contributed by atoms with E-state index in [0.717, 1.165) is 30.3 Å². The van der Waals surface area contributed by atoms with E-state index in [1.54, 1.807) is 11.3 Å². The average Bonchev–Trinajstić information content (AvgIpc) is 2.85. The van der Waals surface area contributed by atoms with Gasteiger partial charge in [0.15, 0.2) is 0 Å². The number of halogens is 1. The van der Waals surface area contributed by atoms with Gasteiger partial charge in [0.2, 0.25) is 0 Å². The van der Waals surface area contributed by atoms with Crippen molar-refractivity contribution in [2.45, 2.75) is 37.8 Å². The summed E-state index contributed by atoms with van der Waals surface area (Å²) in [5, 5.41) is 2.10. The smallest absolute Gasteiger partial charge is 0.0824 e. The Hall–Kier alpha value is 0.0600. The maximum atomic E-state index is 5.82. The van der Waals surface area contributed by atoms with Crippen LogP contribution in [0.4, 0.5) is 0 Å². The zero-order chi connectivity index (χ0) is 11.6. The fourth-order valence-electron chi connectivity index (χ4n) is 2.19. The highest BCUT2D eigenvalue weighted by molar-refractivity contribution is 9.10. The molecule has 0 radical (unpaired) electrons. The summed E-state index contributed by atoms with van der Waals surface area (Å²) >= 11 is 5.22. The number of nitrogens with one attached hydrogen (secondary N) is 1. The fourth-order valence-corrected chi connectivity index (χ4v) is 3.69. The van der Waals surface area contributed by atoms with Gasteiger partial charge in [-0.3, -0.25) is 11.3 Å². The van der Waals surface area contributed by atoms with Gasteiger partial charge < -0.3 is 4.74 Å². The number of hydrazine groups is 1. The van der Waals surface area contributed by atoms with E-state index in [1.165, 1.54) is 4.88 Å². The van der Waals surface area contributed by atoms with Crippen LogP contribution in [0.25, 0.3) is 0 Å². The predicted molar refractivity (Wildman–Crippen MR) is 70.4 cm³/mol. The largest absolute Gasteiger partial charge is 0.374 e. The molecule has 0 saturated carbocycles. The summed E-state index contributed by atoms with van der Waals surface area (Å²) in [4.78, 5) is 1.33. The molecule has 3 N–H and O–H groups in total. The number of hydrogen-bond donors (Lipinski definition) is 2. The molecule has 1 aromatic rings. The molecule has 1 aromatic heterocycles. The first-order valence-corrected chi connectivity index (χ1v) is 7.14. The van der Waals surface area contributed by atoms with E-state index >= 15 is 0 Å². The second-order valence-corrected chi connectivity index (χ2v) is 6.33. The van der Waals surface area contributed by atoms with Crippen molar-refractivity contribution in [3.05, 3.63) is 20.8 Å². The van der Waals surface area contributed by atoms with Crippen LogP contribution >= 0.6 is 27.3 Å². The Bertz CT molecular complexity index is 350. The monoisotopic (exact) mass is 304 g/mol. The van der Waals surface area contributed by atoms with E-state index in [-0.39, 0.29) is 11.6 Å². The van der Waals surface area contributed by atoms with E-state index < -0.39 is 0 Å². The Kier molecular flexibility index (Phi) is 4.02. The van der Waals surface area contributed by atoms with Gasteiger partial charge in [-0.1, -0.05) is 0 Å². The van der Waals surface area contributed by atoms with Gasteiger partial charge in [0.25, 0.3) is 0 Å². The Morgan fingerprint density at radius 3 is 3.06 bits per heavy atom. The third-order valence-corrected chi connectivity index (χ3v) is 4.93. The first-order chi connectivity index (χ1) is 7.64. The number of thiophene rings is 1. The molecule has 0 amide bonds. The van der Waals surface area contributed by atoms with Crippen LogP contribution in [0.15, 0.2) is 15.9 Å². The molecule has 1 aliphatic rings. The number of ether oxygens (including phenoxy) is 1. The summed E-state index contributed by atoms with van der Waals surface area (Å²) in [7, 11) is 0. The van der Waals surface area contributed by atoms with Gasteiger partial charge in [-0.25, -0.2) is 0 Å². The molecular formula is C11H17BrN2OS. The standard InChI is InChI=1S/C11H17BrN2OS/c1-11(3-2-4-15-11)10(14-13)6-9-5-8(12)7-16-9/h5,7,10,14H,2-4,6,13H2,1H3. The minimum Gasteiger partial charge on any atom is -0.374 e. The van der Waals surface area contributed by atoms with Gasteiger partial charge in [-0.05, 0) is 41.8 Å². The van der Waals surface area contributed by atoms with Crippen LogP contribution in [-0.2, 0) is 11.2 Å². The van der Waals surface area contributed by atoms with Gasteiger partial charge in [0.1, 0.15) is 0 Å². The highest BCUT2D eigenvalue weighted by Crippen LogP contribution is 2.31. The second-order valence-electron chi connectivity index (χ2n) is 4.42. The molecule has 2 unspecified atom stereocenters. The van der Waals surface area contributed by atoms with Gasteiger partial charge in [-0.15, -0.1) is 11.3 Å². The minimum atomic E-state index is -0.120. The van der Waals surface area contributed by atoms with Crippen LogP contribution in [0.1, 0.15) is 24.6 Å². The van der Waals surface area contributed by atoms with Crippen molar-refractivity contribution in [1.29, 1.82) is 0 Å². The van der Waals surface area contributed by atoms with E-state index in [9.17, 15) is 0 Å². The van der Waals surface area contributed by atoms with Crippen LogP contribution in [0.5, 0.6) is 0 Å². The van der Waals surface area contributed by atoms with E-state index in [1.807, 2.05) is 0 Å². The van der Waals surface area contributed by atoms with Crippen LogP contribution in [-0.4, -0.2) is 18.2 Å². The molecular weight excluding hydrogens is 288 g/mol. The van der Waals surface area contributed by atoms with Gasteiger partial charge in [-0.2, -0.15) is 0 Å². The lowest BCUT2D eigenvalue weighted by atomic mass is 9.91. The highest BCUT2D eigenvalue weighted by atomic mass is 79.9. The molecule has 2 heterocycles. The SMILES string of the molecule is CC1(C(Cc2cc(Br)cs2)NN)CCCO1. The van der Waals surface area contributed by atoms with Gasteiger partial charge in [0, 0.05) is 27.8 Å². The first kappa shape index (κ1) is 12.5. The molecule has 1 aliphatic heterocycles. The molecule has 1 saturated heterocycles. The molecule has 0 bridgehead atoms. The Labute approximate surface area is 108 Å².